The first-order valence-corrected chi connectivity index (χ1v) is 7.93. The normalized spacial score (nSPS) is 23.6. The average Bonchev–Trinajstić information content (AvgIpc) is 2.86. The van der Waals surface area contributed by atoms with E-state index in [1.165, 1.54) is 17.7 Å². The monoisotopic (exact) mass is 323 g/mol. The summed E-state index contributed by atoms with van der Waals surface area (Å²) in [6, 6.07) is 6.27. The predicted octanol–water partition coefficient (Wildman–Crippen LogP) is 2.82. The zero-order chi connectivity index (χ0) is 14.9. The second-order valence-electron chi connectivity index (χ2n) is 6.75. The van der Waals surface area contributed by atoms with Crippen molar-refractivity contribution in [3.05, 3.63) is 23.8 Å². The number of hydrogen-bond acceptors (Lipinski definition) is 3. The summed E-state index contributed by atoms with van der Waals surface area (Å²) < 4.78 is 0. The summed E-state index contributed by atoms with van der Waals surface area (Å²) in [6.07, 6.45) is 3.45. The molecule has 1 aromatic carbocycles. The SMILES string of the molecule is CC(=O)Nc1cccc2c1CCCN2CC1(C)CCNC1.Cl. The molecule has 1 saturated heterocycles. The zero-order valence-electron chi connectivity index (χ0n) is 13.4. The molecule has 2 aliphatic heterocycles. The second-order valence-corrected chi connectivity index (χ2v) is 6.75. The molecule has 3 rings (SSSR count). The van der Waals surface area contributed by atoms with Crippen LogP contribution in [0.1, 0.15) is 32.3 Å². The molecule has 22 heavy (non-hydrogen) atoms. The number of amides is 1. The molecule has 1 aromatic rings. The smallest absolute Gasteiger partial charge is 0.221 e. The van der Waals surface area contributed by atoms with Crippen molar-refractivity contribution in [3.63, 3.8) is 0 Å². The lowest BCUT2D eigenvalue weighted by molar-refractivity contribution is -0.114. The van der Waals surface area contributed by atoms with E-state index in [1.54, 1.807) is 6.92 Å². The number of fused-ring (bicyclic) bond motifs is 1. The van der Waals surface area contributed by atoms with Crippen molar-refractivity contribution in [3.8, 4) is 0 Å². The summed E-state index contributed by atoms with van der Waals surface area (Å²) in [5.74, 6) is 0.00692. The number of carbonyl (C=O) groups excluding carboxylic acids is 1. The van der Waals surface area contributed by atoms with E-state index in [2.05, 4.69) is 34.6 Å². The Hall–Kier alpha value is -1.26. The first-order valence-electron chi connectivity index (χ1n) is 7.93. The molecule has 5 heteroatoms. The summed E-state index contributed by atoms with van der Waals surface area (Å²) in [6.45, 7) is 8.39. The first kappa shape index (κ1) is 17.1. The number of benzene rings is 1. The number of nitrogens with one attached hydrogen (secondary N) is 2. The Morgan fingerprint density at radius 1 is 1.45 bits per heavy atom. The molecule has 2 aliphatic rings. The van der Waals surface area contributed by atoms with Crippen LogP contribution < -0.4 is 15.5 Å². The van der Waals surface area contributed by atoms with Crippen molar-refractivity contribution in [1.82, 2.24) is 5.32 Å². The van der Waals surface area contributed by atoms with Crippen LogP contribution in [0.25, 0.3) is 0 Å². The fourth-order valence-corrected chi connectivity index (χ4v) is 3.64. The number of carbonyl (C=O) groups is 1. The molecule has 0 saturated carbocycles. The molecule has 1 fully saturated rings. The van der Waals surface area contributed by atoms with E-state index in [0.29, 0.717) is 5.41 Å². The van der Waals surface area contributed by atoms with E-state index >= 15 is 0 Å². The standard InChI is InChI=1S/C17H25N3O.ClH/c1-13(21)19-15-6-3-7-16-14(15)5-4-10-20(16)12-17(2)8-9-18-11-17;/h3,6-7,18H,4-5,8-12H2,1-2H3,(H,19,21);1H. The number of rotatable bonds is 3. The lowest BCUT2D eigenvalue weighted by Crippen LogP contribution is -2.40. The van der Waals surface area contributed by atoms with E-state index in [1.807, 2.05) is 6.07 Å². The van der Waals surface area contributed by atoms with Gasteiger partial charge in [0.25, 0.3) is 0 Å². The van der Waals surface area contributed by atoms with Crippen LogP contribution in [0.5, 0.6) is 0 Å². The van der Waals surface area contributed by atoms with Crippen LogP contribution >= 0.6 is 12.4 Å². The van der Waals surface area contributed by atoms with Crippen LogP contribution in [0.4, 0.5) is 11.4 Å². The van der Waals surface area contributed by atoms with Gasteiger partial charge in [0, 0.05) is 37.9 Å². The van der Waals surface area contributed by atoms with Gasteiger partial charge in [-0.3, -0.25) is 4.79 Å². The van der Waals surface area contributed by atoms with E-state index < -0.39 is 0 Å². The molecule has 1 atom stereocenters. The molecule has 4 nitrogen and oxygen atoms in total. The van der Waals surface area contributed by atoms with Gasteiger partial charge in [0.2, 0.25) is 5.91 Å². The van der Waals surface area contributed by atoms with Crippen LogP contribution in [-0.4, -0.2) is 32.1 Å². The van der Waals surface area contributed by atoms with Gasteiger partial charge in [-0.1, -0.05) is 13.0 Å². The molecule has 2 heterocycles. The van der Waals surface area contributed by atoms with Crippen molar-refractivity contribution in [2.75, 3.05) is 36.4 Å². The largest absolute Gasteiger partial charge is 0.371 e. The number of halogens is 1. The van der Waals surface area contributed by atoms with Gasteiger partial charge in [-0.2, -0.15) is 0 Å². The molecule has 0 aromatic heterocycles. The van der Waals surface area contributed by atoms with Gasteiger partial charge in [-0.25, -0.2) is 0 Å². The molecular weight excluding hydrogens is 298 g/mol. The maximum Gasteiger partial charge on any atom is 0.221 e. The Labute approximate surface area is 139 Å². The minimum absolute atomic E-state index is 0. The molecule has 1 unspecified atom stereocenters. The first-order chi connectivity index (χ1) is 10.1. The van der Waals surface area contributed by atoms with Gasteiger partial charge < -0.3 is 15.5 Å². The van der Waals surface area contributed by atoms with E-state index in [-0.39, 0.29) is 18.3 Å². The molecule has 122 valence electrons. The lowest BCUT2D eigenvalue weighted by Gasteiger charge is -2.38. The Balaban J connectivity index is 0.00000176. The van der Waals surface area contributed by atoms with Gasteiger partial charge in [0.05, 0.1) is 0 Å². The van der Waals surface area contributed by atoms with Gasteiger partial charge in [-0.15, -0.1) is 12.4 Å². The highest BCUT2D eigenvalue weighted by atomic mass is 35.5. The van der Waals surface area contributed by atoms with Crippen LogP contribution in [-0.2, 0) is 11.2 Å². The summed E-state index contributed by atoms with van der Waals surface area (Å²) in [7, 11) is 0. The van der Waals surface area contributed by atoms with Crippen LogP contribution in [0.2, 0.25) is 0 Å². The Kier molecular flexibility index (Phi) is 5.35. The van der Waals surface area contributed by atoms with Gasteiger partial charge >= 0.3 is 0 Å². The minimum atomic E-state index is 0. The fraction of sp³-hybridized carbons (Fsp3) is 0.588. The summed E-state index contributed by atoms with van der Waals surface area (Å²) >= 11 is 0. The Morgan fingerprint density at radius 2 is 2.27 bits per heavy atom. The second kappa shape index (κ2) is 6.88. The third-order valence-electron chi connectivity index (χ3n) is 4.69. The summed E-state index contributed by atoms with van der Waals surface area (Å²) in [4.78, 5) is 13.9. The highest BCUT2D eigenvalue weighted by Crippen LogP contribution is 2.36. The van der Waals surface area contributed by atoms with Crippen molar-refractivity contribution < 1.29 is 4.79 Å². The molecule has 0 spiro atoms. The van der Waals surface area contributed by atoms with E-state index in [9.17, 15) is 4.79 Å². The Morgan fingerprint density at radius 3 is 2.95 bits per heavy atom. The van der Waals surface area contributed by atoms with E-state index in [4.69, 9.17) is 0 Å². The lowest BCUT2D eigenvalue weighted by atomic mass is 9.87. The van der Waals surface area contributed by atoms with Crippen molar-refractivity contribution >= 4 is 29.7 Å². The average molecular weight is 324 g/mol. The topological polar surface area (TPSA) is 44.4 Å². The minimum Gasteiger partial charge on any atom is -0.371 e. The maximum absolute atomic E-state index is 11.4. The fourth-order valence-electron chi connectivity index (χ4n) is 3.64. The van der Waals surface area contributed by atoms with Gasteiger partial charge in [0.15, 0.2) is 0 Å². The van der Waals surface area contributed by atoms with Crippen molar-refractivity contribution in [1.29, 1.82) is 0 Å². The predicted molar refractivity (Wildman–Crippen MR) is 94.1 cm³/mol. The summed E-state index contributed by atoms with van der Waals surface area (Å²) in [5.41, 5.74) is 3.95. The number of hydrogen-bond donors (Lipinski definition) is 2. The molecule has 1 amide bonds. The van der Waals surface area contributed by atoms with Crippen LogP contribution in [0, 0.1) is 5.41 Å². The highest BCUT2D eigenvalue weighted by molar-refractivity contribution is 5.91. The van der Waals surface area contributed by atoms with Crippen LogP contribution in [0.3, 0.4) is 0 Å². The molecule has 2 N–H and O–H groups in total. The highest BCUT2D eigenvalue weighted by Gasteiger charge is 2.32. The molecule has 0 aliphatic carbocycles. The van der Waals surface area contributed by atoms with E-state index in [0.717, 1.165) is 44.7 Å². The molecular formula is C17H26ClN3O. The van der Waals surface area contributed by atoms with Crippen LogP contribution in [0.15, 0.2) is 18.2 Å². The quantitative estimate of drug-likeness (QED) is 0.899. The third kappa shape index (κ3) is 3.55. The van der Waals surface area contributed by atoms with Gasteiger partial charge in [0.1, 0.15) is 0 Å². The van der Waals surface area contributed by atoms with Crippen molar-refractivity contribution in [2.45, 2.75) is 33.1 Å². The molecule has 0 bridgehead atoms. The zero-order valence-corrected chi connectivity index (χ0v) is 14.3. The maximum atomic E-state index is 11.4. The number of nitrogens with zero attached hydrogens (tertiary/aromatic N) is 1. The summed E-state index contributed by atoms with van der Waals surface area (Å²) in [5, 5.41) is 6.46. The van der Waals surface area contributed by atoms with Gasteiger partial charge in [-0.05, 0) is 48.9 Å². The van der Waals surface area contributed by atoms with Crippen molar-refractivity contribution in [2.24, 2.45) is 5.41 Å². The number of anilines is 2. The Bertz CT molecular complexity index is 541. The molecule has 0 radical (unpaired) electrons. The third-order valence-corrected chi connectivity index (χ3v) is 4.69.